The van der Waals surface area contributed by atoms with Crippen molar-refractivity contribution >= 4 is 67.0 Å². The van der Waals surface area contributed by atoms with Gasteiger partial charge in [-0.25, -0.2) is 8.42 Å². The average molecular weight is 428 g/mol. The van der Waals surface area contributed by atoms with E-state index >= 15 is 0 Å². The van der Waals surface area contributed by atoms with Crippen molar-refractivity contribution in [2.75, 3.05) is 10.5 Å². The van der Waals surface area contributed by atoms with Crippen LogP contribution in [0.15, 0.2) is 51.6 Å². The molecular formula is C17H14ClNO4S3. The Balaban J connectivity index is 2.09. The summed E-state index contributed by atoms with van der Waals surface area (Å²) in [6.07, 6.45) is 0. The van der Waals surface area contributed by atoms with Crippen molar-refractivity contribution < 1.29 is 18.3 Å². The molecule has 5 nitrogen and oxygen atoms in total. The van der Waals surface area contributed by atoms with Gasteiger partial charge in [-0.1, -0.05) is 35.9 Å². The van der Waals surface area contributed by atoms with Crippen molar-refractivity contribution in [3.8, 4) is 5.75 Å². The Bertz CT molecular complexity index is 1090. The van der Waals surface area contributed by atoms with Gasteiger partial charge in [-0.05, 0) is 25.1 Å². The first-order valence-corrected chi connectivity index (χ1v) is 11.1. The Morgan fingerprint density at radius 1 is 1.23 bits per heavy atom. The highest BCUT2D eigenvalue weighted by Crippen LogP contribution is 2.40. The molecule has 0 aliphatic heterocycles. The Morgan fingerprint density at radius 2 is 1.92 bits per heavy atom. The second kappa shape index (κ2) is 7.48. The summed E-state index contributed by atoms with van der Waals surface area (Å²) in [5, 5.41) is 11.5. The third kappa shape index (κ3) is 3.98. The van der Waals surface area contributed by atoms with Crippen LogP contribution in [-0.4, -0.2) is 25.1 Å². The Kier molecular flexibility index (Phi) is 5.47. The van der Waals surface area contributed by atoms with Gasteiger partial charge in [-0.2, -0.15) is 0 Å². The average Bonchev–Trinajstić information content (AvgIpc) is 3.03. The Hall–Kier alpha value is -1.74. The molecule has 136 valence electrons. The fraction of sp³-hybridized carbons (Fsp3) is 0.118. The number of halogens is 1. The van der Waals surface area contributed by atoms with E-state index in [0.29, 0.717) is 25.7 Å². The molecule has 0 spiro atoms. The molecule has 2 N–H and O–H groups in total. The quantitative estimate of drug-likeness (QED) is 0.438. The van der Waals surface area contributed by atoms with Crippen LogP contribution in [0.25, 0.3) is 10.8 Å². The van der Waals surface area contributed by atoms with Gasteiger partial charge in [0.25, 0.3) is 10.0 Å². The lowest BCUT2D eigenvalue weighted by molar-refractivity contribution is -0.114. The molecule has 0 saturated carbocycles. The lowest BCUT2D eigenvalue weighted by Gasteiger charge is -2.14. The normalized spacial score (nSPS) is 11.6. The first-order valence-electron chi connectivity index (χ1n) is 7.43. The van der Waals surface area contributed by atoms with Crippen molar-refractivity contribution in [3.63, 3.8) is 0 Å². The summed E-state index contributed by atoms with van der Waals surface area (Å²) in [7, 11) is -3.82. The first kappa shape index (κ1) is 19.0. The van der Waals surface area contributed by atoms with E-state index in [4.69, 9.17) is 11.6 Å². The molecule has 3 aromatic rings. The van der Waals surface area contributed by atoms with Gasteiger partial charge < -0.3 is 5.11 Å². The summed E-state index contributed by atoms with van der Waals surface area (Å²) in [6, 6.07) is 11.4. The summed E-state index contributed by atoms with van der Waals surface area (Å²) in [5.74, 6) is 0.158. The number of phenols is 1. The number of benzene rings is 2. The number of hydrogen-bond donors (Lipinski definition) is 2. The van der Waals surface area contributed by atoms with E-state index < -0.39 is 10.0 Å². The highest BCUT2D eigenvalue weighted by molar-refractivity contribution is 8.00. The van der Waals surface area contributed by atoms with Gasteiger partial charge >= 0.3 is 0 Å². The molecule has 0 atom stereocenters. The zero-order chi connectivity index (χ0) is 18.9. The van der Waals surface area contributed by atoms with Crippen molar-refractivity contribution in [1.82, 2.24) is 0 Å². The van der Waals surface area contributed by atoms with E-state index in [1.807, 2.05) is 0 Å². The molecular weight excluding hydrogens is 414 g/mol. The van der Waals surface area contributed by atoms with Crippen LogP contribution in [0.4, 0.5) is 5.69 Å². The van der Waals surface area contributed by atoms with Gasteiger partial charge in [0.05, 0.1) is 20.7 Å². The standard InChI is InChI=1S/C17H14ClNO4S3/c1-10(20)9-24-14-8-13(11-4-2-3-5-12(11)17(14)21)19-26(22,23)16-7-6-15(18)25-16/h2-8,19,21H,9H2,1H3. The second-order valence-corrected chi connectivity index (χ2v) is 10.1. The molecule has 0 fully saturated rings. The predicted molar refractivity (Wildman–Crippen MR) is 107 cm³/mol. The number of carbonyl (C=O) groups is 1. The van der Waals surface area contributed by atoms with E-state index in [-0.39, 0.29) is 21.5 Å². The van der Waals surface area contributed by atoms with Crippen LogP contribution in [0.5, 0.6) is 5.75 Å². The van der Waals surface area contributed by atoms with Gasteiger partial charge in [0.1, 0.15) is 15.7 Å². The van der Waals surface area contributed by atoms with Crippen LogP contribution in [0, 0.1) is 0 Å². The zero-order valence-corrected chi connectivity index (χ0v) is 16.7. The smallest absolute Gasteiger partial charge is 0.271 e. The molecule has 0 unspecified atom stereocenters. The van der Waals surface area contributed by atoms with Gasteiger partial charge in [0, 0.05) is 10.8 Å². The van der Waals surface area contributed by atoms with Crippen LogP contribution in [0.3, 0.4) is 0 Å². The SMILES string of the molecule is CC(=O)CSc1cc(NS(=O)(=O)c2ccc(Cl)s2)c2ccccc2c1O. The third-order valence-electron chi connectivity index (χ3n) is 3.47. The minimum atomic E-state index is -3.82. The monoisotopic (exact) mass is 427 g/mol. The van der Waals surface area contributed by atoms with Crippen LogP contribution in [-0.2, 0) is 14.8 Å². The number of phenolic OH excluding ortho intramolecular Hbond substituents is 1. The van der Waals surface area contributed by atoms with Crippen LogP contribution in [0.1, 0.15) is 6.92 Å². The lowest BCUT2D eigenvalue weighted by Crippen LogP contribution is -2.12. The number of sulfonamides is 1. The van der Waals surface area contributed by atoms with Gasteiger partial charge in [0.2, 0.25) is 0 Å². The number of fused-ring (bicyclic) bond motifs is 1. The fourth-order valence-electron chi connectivity index (χ4n) is 2.35. The molecule has 9 heteroatoms. The van der Waals surface area contributed by atoms with E-state index in [1.165, 1.54) is 25.1 Å². The van der Waals surface area contributed by atoms with E-state index in [1.54, 1.807) is 24.3 Å². The minimum absolute atomic E-state index is 0.0222. The molecule has 0 amide bonds. The molecule has 3 rings (SSSR count). The molecule has 0 aliphatic carbocycles. The largest absolute Gasteiger partial charge is 0.506 e. The van der Waals surface area contributed by atoms with Crippen LogP contribution >= 0.6 is 34.7 Å². The van der Waals surface area contributed by atoms with Gasteiger partial charge in [-0.3, -0.25) is 9.52 Å². The molecule has 2 aromatic carbocycles. The predicted octanol–water partition coefficient (Wildman–Crippen LogP) is 4.74. The molecule has 1 heterocycles. The number of thioether (sulfide) groups is 1. The van der Waals surface area contributed by atoms with Crippen molar-refractivity contribution in [3.05, 3.63) is 46.8 Å². The van der Waals surface area contributed by atoms with Crippen LogP contribution < -0.4 is 4.72 Å². The fourth-order valence-corrected chi connectivity index (χ4v) is 5.71. The highest BCUT2D eigenvalue weighted by Gasteiger charge is 2.20. The minimum Gasteiger partial charge on any atom is -0.506 e. The number of rotatable bonds is 6. The summed E-state index contributed by atoms with van der Waals surface area (Å²) >= 11 is 7.95. The lowest BCUT2D eigenvalue weighted by atomic mass is 10.1. The molecule has 0 bridgehead atoms. The van der Waals surface area contributed by atoms with E-state index in [2.05, 4.69) is 4.72 Å². The number of carbonyl (C=O) groups excluding carboxylic acids is 1. The summed E-state index contributed by atoms with van der Waals surface area (Å²) in [6.45, 7) is 1.45. The number of ketones is 1. The number of aromatic hydroxyl groups is 1. The Morgan fingerprint density at radius 3 is 2.54 bits per heavy atom. The number of Topliss-reactive ketones (excluding diaryl/α,β-unsaturated/α-hetero) is 1. The second-order valence-electron chi connectivity index (χ2n) is 5.47. The number of anilines is 1. The summed E-state index contributed by atoms with van der Waals surface area (Å²) in [4.78, 5) is 11.7. The first-order chi connectivity index (χ1) is 12.3. The summed E-state index contributed by atoms with van der Waals surface area (Å²) in [5.41, 5.74) is 0.328. The van der Waals surface area contributed by atoms with Crippen LogP contribution in [0.2, 0.25) is 4.34 Å². The van der Waals surface area contributed by atoms with Gasteiger partial charge in [-0.15, -0.1) is 23.1 Å². The third-order valence-corrected chi connectivity index (χ3v) is 7.73. The van der Waals surface area contributed by atoms with Gasteiger partial charge in [0.15, 0.2) is 0 Å². The highest BCUT2D eigenvalue weighted by atomic mass is 35.5. The molecule has 1 aromatic heterocycles. The van der Waals surface area contributed by atoms with E-state index in [0.717, 1.165) is 23.1 Å². The van der Waals surface area contributed by atoms with Crippen molar-refractivity contribution in [1.29, 1.82) is 0 Å². The van der Waals surface area contributed by atoms with Crippen molar-refractivity contribution in [2.45, 2.75) is 16.0 Å². The molecule has 0 radical (unpaired) electrons. The number of hydrogen-bond acceptors (Lipinski definition) is 6. The Labute approximate surface area is 164 Å². The molecule has 0 aliphatic rings. The zero-order valence-electron chi connectivity index (χ0n) is 13.5. The maximum absolute atomic E-state index is 12.6. The van der Waals surface area contributed by atoms with E-state index in [9.17, 15) is 18.3 Å². The number of nitrogens with one attached hydrogen (secondary N) is 1. The maximum atomic E-state index is 12.6. The molecule has 0 saturated heterocycles. The topological polar surface area (TPSA) is 83.5 Å². The molecule has 26 heavy (non-hydrogen) atoms. The maximum Gasteiger partial charge on any atom is 0.271 e. The van der Waals surface area contributed by atoms with Crippen molar-refractivity contribution in [2.24, 2.45) is 0 Å². The summed E-state index contributed by atoms with van der Waals surface area (Å²) < 4.78 is 28.3. The number of thiophene rings is 1.